The van der Waals surface area contributed by atoms with Crippen LogP contribution in [-0.2, 0) is 6.61 Å². The summed E-state index contributed by atoms with van der Waals surface area (Å²) in [5.74, 6) is 0.618. The number of ether oxygens (including phenoxy) is 1. The second-order valence-corrected chi connectivity index (χ2v) is 4.94. The zero-order valence-electron chi connectivity index (χ0n) is 10.4. The Labute approximate surface area is 118 Å². The summed E-state index contributed by atoms with van der Waals surface area (Å²) in [6, 6.07) is 9.39. The molecule has 0 saturated carbocycles. The lowest BCUT2D eigenvalue weighted by molar-refractivity contribution is 0.300. The lowest BCUT2D eigenvalue weighted by Crippen LogP contribution is -2.13. The van der Waals surface area contributed by atoms with Crippen LogP contribution in [0.4, 0.5) is 0 Å². The highest BCUT2D eigenvalue weighted by Crippen LogP contribution is 2.33. The maximum absolute atomic E-state index is 8.84. The molecule has 0 saturated heterocycles. The molecule has 0 aliphatic rings. The predicted molar refractivity (Wildman–Crippen MR) is 77.4 cm³/mol. The van der Waals surface area contributed by atoms with E-state index in [4.69, 9.17) is 20.1 Å². The Morgan fingerprint density at radius 1 is 1.35 bits per heavy atom. The highest BCUT2D eigenvalue weighted by Gasteiger charge is 2.19. The molecule has 20 heavy (non-hydrogen) atoms. The van der Waals surface area contributed by atoms with Crippen LogP contribution >= 0.6 is 11.3 Å². The molecule has 0 fully saturated rings. The standard InChI is InChI=1S/C14H12N2O3S/c15-14(16-17)13-12(18-7-9-5-6-20-8-9)10-3-1-2-4-11(10)19-13/h1-6,8,17H,7H2,(H2,15,16). The molecule has 0 radical (unpaired) electrons. The highest BCUT2D eigenvalue weighted by atomic mass is 32.1. The van der Waals surface area contributed by atoms with Gasteiger partial charge in [-0.05, 0) is 34.5 Å². The number of furan rings is 1. The van der Waals surface area contributed by atoms with Crippen molar-refractivity contribution >= 4 is 28.1 Å². The summed E-state index contributed by atoms with van der Waals surface area (Å²) in [5, 5.41) is 16.6. The van der Waals surface area contributed by atoms with Gasteiger partial charge in [-0.25, -0.2) is 0 Å². The summed E-state index contributed by atoms with van der Waals surface area (Å²) >= 11 is 1.60. The fourth-order valence-electron chi connectivity index (χ4n) is 1.91. The van der Waals surface area contributed by atoms with Gasteiger partial charge >= 0.3 is 0 Å². The predicted octanol–water partition coefficient (Wildman–Crippen LogP) is 3.17. The Bertz CT molecular complexity index is 747. The number of benzene rings is 1. The Hall–Kier alpha value is -2.47. The molecule has 3 aromatic rings. The Morgan fingerprint density at radius 2 is 2.20 bits per heavy atom. The Morgan fingerprint density at radius 3 is 2.95 bits per heavy atom. The van der Waals surface area contributed by atoms with Gasteiger partial charge in [-0.15, -0.1) is 0 Å². The molecular formula is C14H12N2O3S. The third-order valence-corrected chi connectivity index (χ3v) is 3.59. The van der Waals surface area contributed by atoms with Crippen LogP contribution in [0.3, 0.4) is 0 Å². The maximum atomic E-state index is 8.84. The van der Waals surface area contributed by atoms with Gasteiger partial charge in [-0.2, -0.15) is 11.3 Å². The number of nitrogens with two attached hydrogens (primary N) is 1. The van der Waals surface area contributed by atoms with Crippen LogP contribution in [0.25, 0.3) is 11.0 Å². The Balaban J connectivity index is 2.02. The van der Waals surface area contributed by atoms with Crippen LogP contribution in [0, 0.1) is 0 Å². The van der Waals surface area contributed by atoms with E-state index in [0.717, 1.165) is 10.9 Å². The van der Waals surface area contributed by atoms with E-state index in [1.165, 1.54) is 0 Å². The van der Waals surface area contributed by atoms with Crippen LogP contribution in [0.15, 0.2) is 50.7 Å². The van der Waals surface area contributed by atoms with E-state index in [1.807, 2.05) is 35.0 Å². The van der Waals surface area contributed by atoms with E-state index in [2.05, 4.69) is 5.16 Å². The molecule has 0 aliphatic heterocycles. The first-order valence-electron chi connectivity index (χ1n) is 5.93. The number of amidine groups is 1. The van der Waals surface area contributed by atoms with Gasteiger partial charge in [-0.3, -0.25) is 0 Å². The van der Waals surface area contributed by atoms with Crippen LogP contribution in [0.2, 0.25) is 0 Å². The quantitative estimate of drug-likeness (QED) is 0.334. The van der Waals surface area contributed by atoms with Crippen molar-refractivity contribution in [3.63, 3.8) is 0 Å². The molecule has 2 aromatic heterocycles. The maximum Gasteiger partial charge on any atom is 0.215 e. The average molecular weight is 288 g/mol. The first-order chi connectivity index (χ1) is 9.79. The summed E-state index contributed by atoms with van der Waals surface area (Å²) in [7, 11) is 0. The van der Waals surface area contributed by atoms with Crippen molar-refractivity contribution in [2.45, 2.75) is 6.61 Å². The lowest BCUT2D eigenvalue weighted by Gasteiger charge is -2.04. The smallest absolute Gasteiger partial charge is 0.215 e. The summed E-state index contributed by atoms with van der Waals surface area (Å²) in [5.41, 5.74) is 7.33. The molecule has 1 aromatic carbocycles. The fraction of sp³-hybridized carbons (Fsp3) is 0.0714. The number of fused-ring (bicyclic) bond motifs is 1. The van der Waals surface area contributed by atoms with Gasteiger partial charge in [0, 0.05) is 0 Å². The third kappa shape index (κ3) is 2.21. The lowest BCUT2D eigenvalue weighted by atomic mass is 10.2. The molecule has 6 heteroatoms. The van der Waals surface area contributed by atoms with Crippen LogP contribution < -0.4 is 10.5 Å². The number of hydrogen-bond donors (Lipinski definition) is 2. The molecule has 3 rings (SSSR count). The Kier molecular flexibility index (Phi) is 3.30. The van der Waals surface area contributed by atoms with E-state index in [0.29, 0.717) is 17.9 Å². The van der Waals surface area contributed by atoms with Crippen molar-refractivity contribution < 1.29 is 14.4 Å². The number of para-hydroxylation sites is 1. The minimum atomic E-state index is -0.110. The summed E-state index contributed by atoms with van der Waals surface area (Å²) in [6.45, 7) is 0.402. The van der Waals surface area contributed by atoms with Gasteiger partial charge in [0.2, 0.25) is 11.6 Å². The van der Waals surface area contributed by atoms with Gasteiger partial charge in [0.1, 0.15) is 12.2 Å². The zero-order valence-corrected chi connectivity index (χ0v) is 11.3. The summed E-state index contributed by atoms with van der Waals surface area (Å²) in [6.07, 6.45) is 0. The minimum absolute atomic E-state index is 0.110. The molecule has 2 heterocycles. The van der Waals surface area contributed by atoms with Crippen molar-refractivity contribution in [3.8, 4) is 5.75 Å². The molecule has 0 unspecified atom stereocenters. The van der Waals surface area contributed by atoms with Gasteiger partial charge in [0.15, 0.2) is 5.75 Å². The molecule has 102 valence electrons. The number of nitrogens with zero attached hydrogens (tertiary/aromatic N) is 1. The molecular weight excluding hydrogens is 276 g/mol. The van der Waals surface area contributed by atoms with Crippen molar-refractivity contribution in [2.24, 2.45) is 10.9 Å². The highest BCUT2D eigenvalue weighted by molar-refractivity contribution is 7.07. The van der Waals surface area contributed by atoms with Gasteiger partial charge in [0.05, 0.1) is 5.39 Å². The van der Waals surface area contributed by atoms with Crippen molar-refractivity contribution in [3.05, 3.63) is 52.4 Å². The second-order valence-electron chi connectivity index (χ2n) is 4.16. The number of hydrogen-bond acceptors (Lipinski definition) is 5. The first-order valence-corrected chi connectivity index (χ1v) is 6.87. The molecule has 0 atom stereocenters. The van der Waals surface area contributed by atoms with Crippen LogP contribution in [0.5, 0.6) is 5.75 Å². The van der Waals surface area contributed by atoms with Crippen LogP contribution in [-0.4, -0.2) is 11.0 Å². The monoisotopic (exact) mass is 288 g/mol. The van der Waals surface area contributed by atoms with E-state index < -0.39 is 0 Å². The van der Waals surface area contributed by atoms with Crippen molar-refractivity contribution in [1.29, 1.82) is 0 Å². The largest absolute Gasteiger partial charge is 0.484 e. The molecule has 5 nitrogen and oxygen atoms in total. The number of oxime groups is 1. The van der Waals surface area contributed by atoms with Crippen molar-refractivity contribution in [1.82, 2.24) is 0 Å². The number of thiophene rings is 1. The topological polar surface area (TPSA) is 81.0 Å². The van der Waals surface area contributed by atoms with E-state index in [1.54, 1.807) is 17.4 Å². The van der Waals surface area contributed by atoms with Gasteiger partial charge < -0.3 is 20.1 Å². The summed E-state index contributed by atoms with van der Waals surface area (Å²) < 4.78 is 11.4. The molecule has 3 N–H and O–H groups in total. The molecule has 0 spiro atoms. The second kappa shape index (κ2) is 5.26. The van der Waals surface area contributed by atoms with Gasteiger partial charge in [-0.1, -0.05) is 17.3 Å². The van der Waals surface area contributed by atoms with E-state index in [9.17, 15) is 0 Å². The zero-order chi connectivity index (χ0) is 13.9. The molecule has 0 aliphatic carbocycles. The first kappa shape index (κ1) is 12.6. The average Bonchev–Trinajstić information content (AvgIpc) is 3.11. The number of rotatable bonds is 4. The van der Waals surface area contributed by atoms with Crippen LogP contribution in [0.1, 0.15) is 11.3 Å². The minimum Gasteiger partial charge on any atom is -0.484 e. The van der Waals surface area contributed by atoms with Gasteiger partial charge in [0.25, 0.3) is 0 Å². The molecule has 0 bridgehead atoms. The third-order valence-electron chi connectivity index (χ3n) is 2.85. The normalized spacial score (nSPS) is 11.9. The van der Waals surface area contributed by atoms with Crippen molar-refractivity contribution in [2.75, 3.05) is 0 Å². The fourth-order valence-corrected chi connectivity index (χ4v) is 2.56. The SMILES string of the molecule is N/C(=N/O)c1oc2ccccc2c1OCc1ccsc1. The summed E-state index contributed by atoms with van der Waals surface area (Å²) in [4.78, 5) is 0. The van der Waals surface area contributed by atoms with E-state index >= 15 is 0 Å². The molecule has 0 amide bonds. The van der Waals surface area contributed by atoms with E-state index in [-0.39, 0.29) is 11.6 Å².